The third-order valence-corrected chi connectivity index (χ3v) is 4.50. The number of hydrogen-bond acceptors (Lipinski definition) is 10. The monoisotopic (exact) mass is 406 g/mol. The fourth-order valence-electron chi connectivity index (χ4n) is 3.08. The number of benzene rings is 1. The molecule has 148 valence electrons. The van der Waals surface area contributed by atoms with Crippen molar-refractivity contribution >= 4 is 23.3 Å². The van der Waals surface area contributed by atoms with Gasteiger partial charge in [-0.1, -0.05) is 24.0 Å². The number of hydrogen-bond donors (Lipinski definition) is 4. The van der Waals surface area contributed by atoms with Gasteiger partial charge in [-0.05, 0) is 17.7 Å². The van der Waals surface area contributed by atoms with E-state index in [-0.39, 0.29) is 23.0 Å². The zero-order chi connectivity index (χ0) is 21.8. The lowest BCUT2D eigenvalue weighted by molar-refractivity contribution is 0.846. The lowest BCUT2D eigenvalue weighted by Gasteiger charge is -2.26. The summed E-state index contributed by atoms with van der Waals surface area (Å²) in [5.41, 5.74) is 15.1. The van der Waals surface area contributed by atoms with E-state index in [4.69, 9.17) is 16.7 Å². The highest BCUT2D eigenvalue weighted by Gasteiger charge is 2.29. The highest BCUT2D eigenvalue weighted by molar-refractivity contribution is 5.98. The topological polar surface area (TPSA) is 175 Å². The summed E-state index contributed by atoms with van der Waals surface area (Å²) in [6, 6.07) is 8.75. The molecule has 0 bridgehead atoms. The van der Waals surface area contributed by atoms with Crippen molar-refractivity contribution in [3.63, 3.8) is 0 Å². The molecule has 0 radical (unpaired) electrons. The molecule has 1 aliphatic rings. The summed E-state index contributed by atoms with van der Waals surface area (Å²) in [6.45, 7) is 0. The molecule has 4 rings (SSSR count). The molecule has 3 aromatic rings. The largest absolute Gasteiger partial charge is 0.397 e. The maximum absolute atomic E-state index is 9.40. The summed E-state index contributed by atoms with van der Waals surface area (Å²) < 4.78 is 0. The lowest BCUT2D eigenvalue weighted by atomic mass is 9.94. The molecule has 2 aromatic heterocycles. The maximum Gasteiger partial charge on any atom is 0.211 e. The summed E-state index contributed by atoms with van der Waals surface area (Å²) in [7, 11) is 0. The predicted molar refractivity (Wildman–Crippen MR) is 114 cm³/mol. The molecule has 0 fully saturated rings. The quantitative estimate of drug-likeness (QED) is 0.263. The molecule has 0 spiro atoms. The number of guanidine groups is 1. The molecular formula is C21H14N10. The van der Waals surface area contributed by atoms with Gasteiger partial charge in [0.25, 0.3) is 0 Å². The minimum atomic E-state index is -0.600. The van der Waals surface area contributed by atoms with Crippen LogP contribution >= 0.6 is 0 Å². The summed E-state index contributed by atoms with van der Waals surface area (Å²) in [4.78, 5) is 16.6. The molecule has 0 saturated heterocycles. The van der Waals surface area contributed by atoms with Gasteiger partial charge in [0.05, 0.1) is 11.3 Å². The molecule has 1 atom stereocenters. The highest BCUT2D eigenvalue weighted by atomic mass is 15.2. The number of nitrogens with two attached hydrogens (primary N) is 2. The molecule has 1 aliphatic heterocycles. The molecule has 0 amide bonds. The van der Waals surface area contributed by atoms with Gasteiger partial charge < -0.3 is 16.8 Å². The molecule has 3 heterocycles. The number of nitrogens with one attached hydrogen (secondary N) is 2. The van der Waals surface area contributed by atoms with Gasteiger partial charge >= 0.3 is 0 Å². The van der Waals surface area contributed by atoms with Crippen LogP contribution in [-0.2, 0) is 0 Å². The predicted octanol–water partition coefficient (Wildman–Crippen LogP) is 1.25. The van der Waals surface area contributed by atoms with Crippen LogP contribution in [0.4, 0.5) is 17.3 Å². The molecule has 1 unspecified atom stereocenters. The van der Waals surface area contributed by atoms with Crippen molar-refractivity contribution in [3.05, 3.63) is 70.8 Å². The van der Waals surface area contributed by atoms with Crippen LogP contribution in [0.1, 0.15) is 33.9 Å². The van der Waals surface area contributed by atoms with Gasteiger partial charge in [-0.3, -0.25) is 5.32 Å². The number of fused-ring (bicyclic) bond motifs is 1. The average molecular weight is 406 g/mol. The molecule has 10 heteroatoms. The highest BCUT2D eigenvalue weighted by Crippen LogP contribution is 2.40. The van der Waals surface area contributed by atoms with E-state index in [1.807, 2.05) is 36.5 Å². The summed E-state index contributed by atoms with van der Waals surface area (Å²) in [6.07, 6.45) is 6.53. The Kier molecular flexibility index (Phi) is 5.00. The zero-order valence-electron chi connectivity index (χ0n) is 16.0. The van der Waals surface area contributed by atoms with E-state index in [9.17, 15) is 5.26 Å². The maximum atomic E-state index is 9.40. The van der Waals surface area contributed by atoms with E-state index in [0.717, 1.165) is 11.1 Å². The third-order valence-electron chi connectivity index (χ3n) is 4.50. The molecule has 10 nitrogen and oxygen atoms in total. The van der Waals surface area contributed by atoms with Gasteiger partial charge in [-0.15, -0.1) is 0 Å². The number of nitrogen functional groups attached to an aromatic ring is 2. The van der Waals surface area contributed by atoms with Crippen molar-refractivity contribution in [2.75, 3.05) is 16.8 Å². The number of nitriles is 2. The Bertz CT molecular complexity index is 1320. The SMILES string of the molecule is N#CNC1=NC(c2ccc(C#Cc3cncnc3)cc2)c2c(nc(N)c(C#N)c2N)N1. The Morgan fingerprint density at radius 2 is 1.71 bits per heavy atom. The van der Waals surface area contributed by atoms with Crippen LogP contribution in [0, 0.1) is 34.6 Å². The van der Waals surface area contributed by atoms with Gasteiger partial charge in [0.2, 0.25) is 5.96 Å². The first-order chi connectivity index (χ1) is 15.1. The number of rotatable bonds is 1. The van der Waals surface area contributed by atoms with Gasteiger partial charge in [0, 0.05) is 23.5 Å². The molecular weight excluding hydrogens is 392 g/mol. The van der Waals surface area contributed by atoms with E-state index < -0.39 is 6.04 Å². The van der Waals surface area contributed by atoms with Crippen molar-refractivity contribution in [1.29, 1.82) is 10.5 Å². The first-order valence-corrected chi connectivity index (χ1v) is 8.96. The van der Waals surface area contributed by atoms with Crippen molar-refractivity contribution in [2.24, 2.45) is 4.99 Å². The first kappa shape index (κ1) is 19.2. The Morgan fingerprint density at radius 3 is 2.39 bits per heavy atom. The minimum absolute atomic E-state index is 0.00118. The average Bonchev–Trinajstić information content (AvgIpc) is 2.78. The second-order valence-electron chi connectivity index (χ2n) is 6.40. The first-order valence-electron chi connectivity index (χ1n) is 8.96. The molecule has 6 N–H and O–H groups in total. The van der Waals surface area contributed by atoms with E-state index in [1.165, 1.54) is 6.33 Å². The lowest BCUT2D eigenvalue weighted by Crippen LogP contribution is -2.32. The molecule has 1 aromatic carbocycles. The Morgan fingerprint density at radius 1 is 1.00 bits per heavy atom. The summed E-state index contributed by atoms with van der Waals surface area (Å²) >= 11 is 0. The van der Waals surface area contributed by atoms with Crippen LogP contribution in [-0.4, -0.2) is 20.9 Å². The van der Waals surface area contributed by atoms with E-state index in [0.29, 0.717) is 16.9 Å². The fraction of sp³-hybridized carbons (Fsp3) is 0.0476. The zero-order valence-corrected chi connectivity index (χ0v) is 16.0. The van der Waals surface area contributed by atoms with Crippen LogP contribution in [0.5, 0.6) is 0 Å². The summed E-state index contributed by atoms with van der Waals surface area (Å²) in [5.74, 6) is 6.57. The molecule has 31 heavy (non-hydrogen) atoms. The molecule has 0 saturated carbocycles. The third kappa shape index (κ3) is 3.75. The molecule has 0 aliphatic carbocycles. The van der Waals surface area contributed by atoms with Gasteiger partial charge in [-0.2, -0.15) is 10.5 Å². The van der Waals surface area contributed by atoms with Crippen LogP contribution in [0.2, 0.25) is 0 Å². The van der Waals surface area contributed by atoms with Crippen molar-refractivity contribution in [2.45, 2.75) is 6.04 Å². The van der Waals surface area contributed by atoms with E-state index in [1.54, 1.807) is 12.4 Å². The Labute approximate surface area is 177 Å². The van der Waals surface area contributed by atoms with Crippen molar-refractivity contribution in [3.8, 4) is 24.1 Å². The standard InChI is InChI=1S/C21H14N10/c22-7-15-17(24)16-18(29-21(28-10-23)31-20(16)30-19(15)25)14-5-3-12(4-6-14)1-2-13-8-26-11-27-9-13/h3-6,8-9,11,18H,(H6,24,25,28,29,30,31). The fourth-order valence-corrected chi connectivity index (χ4v) is 3.08. The number of nitrogens with zero attached hydrogens (tertiary/aromatic N) is 6. The van der Waals surface area contributed by atoms with Crippen LogP contribution < -0.4 is 22.1 Å². The van der Waals surface area contributed by atoms with Crippen LogP contribution in [0.25, 0.3) is 0 Å². The van der Waals surface area contributed by atoms with Gasteiger partial charge in [-0.25, -0.2) is 19.9 Å². The number of pyridine rings is 1. The van der Waals surface area contributed by atoms with Gasteiger partial charge in [0.15, 0.2) is 6.19 Å². The second-order valence-corrected chi connectivity index (χ2v) is 6.40. The van der Waals surface area contributed by atoms with Crippen molar-refractivity contribution in [1.82, 2.24) is 20.3 Å². The number of aromatic nitrogens is 3. The Balaban J connectivity index is 1.74. The number of aliphatic imine (C=N–C) groups is 1. The minimum Gasteiger partial charge on any atom is -0.397 e. The van der Waals surface area contributed by atoms with E-state index in [2.05, 4.69) is 42.4 Å². The van der Waals surface area contributed by atoms with E-state index >= 15 is 0 Å². The second kappa shape index (κ2) is 8.08. The van der Waals surface area contributed by atoms with Crippen LogP contribution in [0.3, 0.4) is 0 Å². The summed E-state index contributed by atoms with van der Waals surface area (Å²) in [5, 5.41) is 23.7. The number of anilines is 3. The normalized spacial score (nSPS) is 13.9. The van der Waals surface area contributed by atoms with Gasteiger partial charge in [0.1, 0.15) is 35.6 Å². The smallest absolute Gasteiger partial charge is 0.211 e. The Hall–Kier alpha value is -5.14. The van der Waals surface area contributed by atoms with Crippen molar-refractivity contribution < 1.29 is 0 Å². The van der Waals surface area contributed by atoms with Crippen LogP contribution in [0.15, 0.2) is 48.0 Å².